The van der Waals surface area contributed by atoms with Gasteiger partial charge in [-0.15, -0.1) is 0 Å². The van der Waals surface area contributed by atoms with Crippen LogP contribution in [0.3, 0.4) is 0 Å². The lowest BCUT2D eigenvalue weighted by atomic mass is 9.61. The third-order valence-corrected chi connectivity index (χ3v) is 9.61. The van der Waals surface area contributed by atoms with E-state index in [2.05, 4.69) is 15.2 Å². The summed E-state index contributed by atoms with van der Waals surface area (Å²) in [6.45, 7) is 5.50. The minimum absolute atomic E-state index is 0.153. The number of nitrogens with zero attached hydrogens (tertiary/aromatic N) is 5. The zero-order valence-electron chi connectivity index (χ0n) is 20.7. The van der Waals surface area contributed by atoms with Gasteiger partial charge in [0.15, 0.2) is 11.5 Å². The van der Waals surface area contributed by atoms with Gasteiger partial charge in [-0.05, 0) is 63.8 Å². The molecule has 2 atom stereocenters. The van der Waals surface area contributed by atoms with Gasteiger partial charge in [-0.1, -0.05) is 23.2 Å². The van der Waals surface area contributed by atoms with Crippen molar-refractivity contribution in [2.75, 3.05) is 19.9 Å². The van der Waals surface area contributed by atoms with E-state index < -0.39 is 7.14 Å². The molecule has 4 aromatic heterocycles. The Balaban J connectivity index is 1.61. The molecule has 3 aliphatic rings. The monoisotopic (exact) mass is 560 g/mol. The number of rotatable bonds is 5. The maximum atomic E-state index is 13.5. The molecule has 12 heteroatoms. The molecular weight excluding hydrogens is 534 g/mol. The van der Waals surface area contributed by atoms with Crippen LogP contribution in [0.5, 0.6) is 0 Å². The van der Waals surface area contributed by atoms with Crippen LogP contribution in [0.25, 0.3) is 33.6 Å². The Bertz CT molecular complexity index is 1590. The number of ether oxygens (including phenoxy) is 1. The second kappa shape index (κ2) is 9.07. The molecule has 0 amide bonds. The first-order chi connectivity index (χ1) is 17.7. The average Bonchev–Trinajstić information content (AvgIpc) is 3.43. The van der Waals surface area contributed by atoms with E-state index in [1.54, 1.807) is 19.4 Å². The first-order valence-electron chi connectivity index (χ1n) is 12.5. The molecular formula is C25H27Cl2N6O3P. The lowest BCUT2D eigenvalue weighted by Crippen LogP contribution is -2.45. The summed E-state index contributed by atoms with van der Waals surface area (Å²) in [5, 5.41) is 9.34. The van der Waals surface area contributed by atoms with Gasteiger partial charge in [0.1, 0.15) is 23.9 Å². The Kier molecular flexibility index (Phi) is 6.09. The van der Waals surface area contributed by atoms with Gasteiger partial charge in [-0.25, -0.2) is 15.0 Å². The number of H-pyrrole nitrogens is 1. The maximum Gasteiger partial charge on any atom is 0.311 e. The number of hydrogen-bond acceptors (Lipinski definition) is 7. The maximum absolute atomic E-state index is 13.5. The number of carbonyl (C=O) groups is 1. The van der Waals surface area contributed by atoms with E-state index in [0.29, 0.717) is 61.6 Å². The molecule has 0 radical (unpaired) electrons. The van der Waals surface area contributed by atoms with Gasteiger partial charge in [0.05, 0.1) is 39.4 Å². The van der Waals surface area contributed by atoms with Crippen molar-refractivity contribution < 1.29 is 14.1 Å². The number of esters is 1. The topological polar surface area (TPSA) is 116 Å². The van der Waals surface area contributed by atoms with Crippen LogP contribution in [-0.4, -0.2) is 55.6 Å². The zero-order chi connectivity index (χ0) is 26.1. The molecule has 1 N–H and O–H groups in total. The SMILES string of the molecule is CCOC(=O)[C@H]1C2CCC(CC2)[C@@H]1n1cc(Cl)c2c(P(C)(C)=O)nc(-c3[nH]nc4ncc(Cl)cc34)nc21. The summed E-state index contributed by atoms with van der Waals surface area (Å²) in [6.07, 6.45) is 7.43. The highest BCUT2D eigenvalue weighted by atomic mass is 35.5. The van der Waals surface area contributed by atoms with Gasteiger partial charge in [-0.2, -0.15) is 5.10 Å². The van der Waals surface area contributed by atoms with E-state index in [1.165, 1.54) is 6.20 Å². The first-order valence-corrected chi connectivity index (χ1v) is 15.8. The van der Waals surface area contributed by atoms with E-state index in [0.717, 1.165) is 25.7 Å². The van der Waals surface area contributed by atoms with Crippen LogP contribution in [-0.2, 0) is 14.1 Å². The highest BCUT2D eigenvalue weighted by molar-refractivity contribution is 7.70. The van der Waals surface area contributed by atoms with Crippen LogP contribution in [0.1, 0.15) is 38.6 Å². The number of nitrogens with one attached hydrogen (secondary N) is 1. The minimum atomic E-state index is -2.89. The van der Waals surface area contributed by atoms with Gasteiger partial charge in [0, 0.05) is 12.4 Å². The molecule has 4 aromatic rings. The highest BCUT2D eigenvalue weighted by Gasteiger charge is 2.49. The van der Waals surface area contributed by atoms with E-state index in [9.17, 15) is 9.36 Å². The van der Waals surface area contributed by atoms with E-state index >= 15 is 0 Å². The predicted octanol–water partition coefficient (Wildman–Crippen LogP) is 5.46. The molecule has 0 unspecified atom stereocenters. The third-order valence-electron chi connectivity index (χ3n) is 7.77. The first kappa shape index (κ1) is 24.8. The van der Waals surface area contributed by atoms with Gasteiger partial charge < -0.3 is 13.9 Å². The zero-order valence-corrected chi connectivity index (χ0v) is 23.1. The van der Waals surface area contributed by atoms with Crippen LogP contribution in [0, 0.1) is 17.8 Å². The van der Waals surface area contributed by atoms with Crippen LogP contribution in [0.4, 0.5) is 0 Å². The molecule has 7 rings (SSSR count). The largest absolute Gasteiger partial charge is 0.466 e. The Morgan fingerprint density at radius 1 is 1.19 bits per heavy atom. The lowest BCUT2D eigenvalue weighted by molar-refractivity contribution is -0.157. The smallest absolute Gasteiger partial charge is 0.311 e. The fourth-order valence-electron chi connectivity index (χ4n) is 6.25. The Hall–Kier alpha value is -2.48. The molecule has 4 heterocycles. The molecule has 194 valence electrons. The normalized spacial score (nSPS) is 23.7. The van der Waals surface area contributed by atoms with Crippen molar-refractivity contribution in [1.82, 2.24) is 29.7 Å². The summed E-state index contributed by atoms with van der Waals surface area (Å²) in [5.41, 5.74) is 1.94. The molecule has 9 nitrogen and oxygen atoms in total. The standard InChI is InChI=1S/C25H27Cl2N6O3P/c1-4-36-25(34)17-12-5-7-13(8-6-12)20(17)33-11-16(27)18-23(33)29-22(30-24(18)37(2,3)35)19-15-9-14(26)10-28-21(15)32-31-19/h9-13,17,20H,4-8H2,1-3H3,(H,28,31,32)/t12?,13?,17-,20-/m0/s1. The van der Waals surface area contributed by atoms with Crippen molar-refractivity contribution in [3.05, 3.63) is 28.5 Å². The summed E-state index contributed by atoms with van der Waals surface area (Å²) in [6, 6.07) is 1.59. The van der Waals surface area contributed by atoms with Crippen molar-refractivity contribution in [3.63, 3.8) is 0 Å². The molecule has 0 aromatic carbocycles. The predicted molar refractivity (Wildman–Crippen MR) is 144 cm³/mol. The summed E-state index contributed by atoms with van der Waals surface area (Å²) in [7, 11) is -2.89. The van der Waals surface area contributed by atoms with Crippen molar-refractivity contribution in [3.8, 4) is 11.5 Å². The molecule has 3 fully saturated rings. The Morgan fingerprint density at radius 3 is 2.62 bits per heavy atom. The highest BCUT2D eigenvalue weighted by Crippen LogP contribution is 2.53. The van der Waals surface area contributed by atoms with Crippen LogP contribution in [0.2, 0.25) is 10.0 Å². The molecule has 37 heavy (non-hydrogen) atoms. The third kappa shape index (κ3) is 4.06. The fraction of sp³-hybridized carbons (Fsp3) is 0.480. The molecule has 3 aliphatic carbocycles. The summed E-state index contributed by atoms with van der Waals surface area (Å²) in [5.74, 6) is 0.402. The lowest BCUT2D eigenvalue weighted by Gasteiger charge is -2.47. The molecule has 3 saturated carbocycles. The van der Waals surface area contributed by atoms with Crippen molar-refractivity contribution in [2.45, 2.75) is 38.6 Å². The number of aromatic nitrogens is 6. The quantitative estimate of drug-likeness (QED) is 0.254. The van der Waals surface area contributed by atoms with Crippen molar-refractivity contribution in [2.24, 2.45) is 17.8 Å². The Labute approximate surface area is 223 Å². The number of fused-ring (bicyclic) bond motifs is 5. The van der Waals surface area contributed by atoms with Crippen LogP contribution >= 0.6 is 30.3 Å². The van der Waals surface area contributed by atoms with E-state index in [-0.39, 0.29) is 23.8 Å². The second-order valence-corrected chi connectivity index (χ2v) is 14.3. The van der Waals surface area contributed by atoms with Gasteiger partial charge >= 0.3 is 5.97 Å². The molecule has 0 spiro atoms. The number of pyridine rings is 1. The number of hydrogen-bond donors (Lipinski definition) is 1. The van der Waals surface area contributed by atoms with Crippen molar-refractivity contribution in [1.29, 1.82) is 0 Å². The van der Waals surface area contributed by atoms with Gasteiger partial charge in [0.2, 0.25) is 0 Å². The second-order valence-electron chi connectivity index (χ2n) is 10.4. The van der Waals surface area contributed by atoms with Crippen LogP contribution in [0.15, 0.2) is 18.5 Å². The molecule has 0 saturated heterocycles. The molecule has 2 bridgehead atoms. The van der Waals surface area contributed by atoms with Crippen LogP contribution < -0.4 is 5.44 Å². The van der Waals surface area contributed by atoms with Gasteiger partial charge in [0.25, 0.3) is 0 Å². The van der Waals surface area contributed by atoms with Gasteiger partial charge in [-0.3, -0.25) is 9.89 Å². The average molecular weight is 561 g/mol. The van der Waals surface area contributed by atoms with E-state index in [1.807, 2.05) is 17.7 Å². The minimum Gasteiger partial charge on any atom is -0.466 e. The summed E-state index contributed by atoms with van der Waals surface area (Å²) in [4.78, 5) is 27.1. The summed E-state index contributed by atoms with van der Waals surface area (Å²) < 4.78 is 21.0. The van der Waals surface area contributed by atoms with E-state index in [4.69, 9.17) is 37.9 Å². The fourth-order valence-corrected chi connectivity index (χ4v) is 7.84. The summed E-state index contributed by atoms with van der Waals surface area (Å²) >= 11 is 13.0. The van der Waals surface area contributed by atoms with Crippen molar-refractivity contribution >= 4 is 63.8 Å². The number of halogens is 2. The molecule has 0 aliphatic heterocycles. The number of aromatic amines is 1. The Morgan fingerprint density at radius 2 is 1.92 bits per heavy atom. The number of carbonyl (C=O) groups excluding carboxylic acids is 1.